The molecule has 1 N–H and O–H groups in total. The Labute approximate surface area is 173 Å². The predicted octanol–water partition coefficient (Wildman–Crippen LogP) is 4.60. The molecule has 30 heavy (non-hydrogen) atoms. The Morgan fingerprint density at radius 3 is 2.43 bits per heavy atom. The maximum atomic E-state index is 14.7. The summed E-state index contributed by atoms with van der Waals surface area (Å²) in [5.74, 6) is -2.11. The molecule has 1 fully saturated rings. The average Bonchev–Trinajstić information content (AvgIpc) is 3.36. The number of aliphatic hydroxyl groups excluding tert-OH is 1. The van der Waals surface area contributed by atoms with Crippen LogP contribution >= 0.6 is 0 Å². The lowest BCUT2D eigenvalue weighted by atomic mass is 9.94. The Balaban J connectivity index is 1.87. The lowest BCUT2D eigenvalue weighted by molar-refractivity contribution is -0.140. The number of nitrogens with zero attached hydrogens (tertiary/aromatic N) is 1. The van der Waals surface area contributed by atoms with E-state index in [1.807, 2.05) is 19.1 Å². The zero-order valence-corrected chi connectivity index (χ0v) is 16.3. The van der Waals surface area contributed by atoms with Crippen LogP contribution in [0.4, 0.5) is 4.39 Å². The molecule has 2 heterocycles. The van der Waals surface area contributed by atoms with Crippen LogP contribution in [0.25, 0.3) is 5.76 Å². The van der Waals surface area contributed by atoms with Gasteiger partial charge in [0.1, 0.15) is 17.3 Å². The van der Waals surface area contributed by atoms with Crippen LogP contribution in [0.15, 0.2) is 76.9 Å². The summed E-state index contributed by atoms with van der Waals surface area (Å²) >= 11 is 0. The Morgan fingerprint density at radius 2 is 1.80 bits per heavy atom. The first kappa shape index (κ1) is 19.6. The van der Waals surface area contributed by atoms with Gasteiger partial charge in [0.05, 0.1) is 24.4 Å². The number of hydrogen-bond donors (Lipinski definition) is 1. The minimum atomic E-state index is -1.07. The van der Waals surface area contributed by atoms with Crippen LogP contribution in [0.2, 0.25) is 0 Å². The zero-order valence-electron chi connectivity index (χ0n) is 16.3. The Bertz CT molecular complexity index is 1120. The van der Waals surface area contributed by atoms with E-state index in [1.165, 1.54) is 29.4 Å². The fraction of sp³-hybridized carbons (Fsp3) is 0.167. The highest BCUT2D eigenvalue weighted by Gasteiger charge is 2.47. The highest BCUT2D eigenvalue weighted by Crippen LogP contribution is 2.41. The first-order valence-corrected chi connectivity index (χ1v) is 9.65. The number of benzene rings is 2. The number of Topliss-reactive ketones (excluding diaryl/α,β-unsaturated/α-hetero) is 1. The summed E-state index contributed by atoms with van der Waals surface area (Å²) in [6, 6.07) is 15.2. The quantitative estimate of drug-likeness (QED) is 0.383. The number of hydrogen-bond acceptors (Lipinski definition) is 4. The number of carbonyl (C=O) groups is 2. The second-order valence-corrected chi connectivity index (χ2v) is 7.08. The summed E-state index contributed by atoms with van der Waals surface area (Å²) in [7, 11) is 0. The number of aryl methyl sites for hydroxylation is 1. The van der Waals surface area contributed by atoms with E-state index in [2.05, 4.69) is 0 Å². The molecular formula is C24H20FNO4. The summed E-state index contributed by atoms with van der Waals surface area (Å²) < 4.78 is 20.0. The van der Waals surface area contributed by atoms with Crippen molar-refractivity contribution in [3.8, 4) is 0 Å². The van der Waals surface area contributed by atoms with Crippen LogP contribution in [0.1, 0.15) is 35.4 Å². The molecule has 1 aliphatic heterocycles. The Hall–Kier alpha value is -3.67. The topological polar surface area (TPSA) is 70.8 Å². The molecule has 0 bridgehead atoms. The van der Waals surface area contributed by atoms with E-state index in [4.69, 9.17) is 4.42 Å². The molecule has 1 amide bonds. The molecule has 0 spiro atoms. The van der Waals surface area contributed by atoms with Crippen LogP contribution in [0.5, 0.6) is 0 Å². The number of furan rings is 1. The average molecular weight is 405 g/mol. The first-order valence-electron chi connectivity index (χ1n) is 9.65. The van der Waals surface area contributed by atoms with Crippen molar-refractivity contribution in [2.75, 3.05) is 0 Å². The lowest BCUT2D eigenvalue weighted by Gasteiger charge is -2.24. The van der Waals surface area contributed by atoms with Gasteiger partial charge in [-0.15, -0.1) is 0 Å². The van der Waals surface area contributed by atoms with Crippen LogP contribution in [0, 0.1) is 5.82 Å². The van der Waals surface area contributed by atoms with Gasteiger partial charge in [-0.1, -0.05) is 49.4 Å². The molecule has 0 aliphatic carbocycles. The van der Waals surface area contributed by atoms with E-state index >= 15 is 0 Å². The molecule has 2 aromatic carbocycles. The van der Waals surface area contributed by atoms with Crippen molar-refractivity contribution in [2.24, 2.45) is 0 Å². The predicted molar refractivity (Wildman–Crippen MR) is 109 cm³/mol. The third-order valence-electron chi connectivity index (χ3n) is 5.28. The Kier molecular flexibility index (Phi) is 5.23. The second kappa shape index (κ2) is 7.99. The van der Waals surface area contributed by atoms with E-state index in [0.29, 0.717) is 11.3 Å². The molecule has 0 saturated carbocycles. The number of likely N-dealkylation sites (tertiary alicyclic amines) is 1. The number of aliphatic hydroxyl groups is 1. The van der Waals surface area contributed by atoms with Gasteiger partial charge in [-0.25, -0.2) is 4.39 Å². The van der Waals surface area contributed by atoms with Gasteiger partial charge in [0.25, 0.3) is 11.7 Å². The highest BCUT2D eigenvalue weighted by atomic mass is 19.1. The summed E-state index contributed by atoms with van der Waals surface area (Å²) in [6.07, 6.45) is 2.28. The fourth-order valence-electron chi connectivity index (χ4n) is 3.69. The molecule has 152 valence electrons. The van der Waals surface area contributed by atoms with Crippen molar-refractivity contribution in [1.29, 1.82) is 0 Å². The molecule has 1 atom stereocenters. The van der Waals surface area contributed by atoms with Gasteiger partial charge in [-0.2, -0.15) is 0 Å². The molecule has 1 aromatic heterocycles. The third-order valence-corrected chi connectivity index (χ3v) is 5.28. The second-order valence-electron chi connectivity index (χ2n) is 7.08. The maximum Gasteiger partial charge on any atom is 0.296 e. The van der Waals surface area contributed by atoms with Gasteiger partial charge in [-0.3, -0.25) is 9.59 Å². The van der Waals surface area contributed by atoms with Gasteiger partial charge in [0.2, 0.25) is 0 Å². The third kappa shape index (κ3) is 3.41. The van der Waals surface area contributed by atoms with Crippen molar-refractivity contribution < 1.29 is 23.5 Å². The smallest absolute Gasteiger partial charge is 0.296 e. The summed E-state index contributed by atoms with van der Waals surface area (Å²) in [4.78, 5) is 27.0. The summed E-state index contributed by atoms with van der Waals surface area (Å²) in [5, 5.41) is 11.0. The SMILES string of the molecule is CCc1ccc(/C(O)=C2/C(=O)C(=O)N(Cc3ccco3)C2c2ccccc2F)cc1. The minimum Gasteiger partial charge on any atom is -0.507 e. The lowest BCUT2D eigenvalue weighted by Crippen LogP contribution is -2.29. The van der Waals surface area contributed by atoms with E-state index < -0.39 is 23.5 Å². The zero-order chi connectivity index (χ0) is 21.3. The maximum absolute atomic E-state index is 14.7. The van der Waals surface area contributed by atoms with Crippen molar-refractivity contribution in [1.82, 2.24) is 4.90 Å². The van der Waals surface area contributed by atoms with E-state index in [0.717, 1.165) is 12.0 Å². The highest BCUT2D eigenvalue weighted by molar-refractivity contribution is 6.46. The molecule has 1 unspecified atom stereocenters. The van der Waals surface area contributed by atoms with Gasteiger partial charge >= 0.3 is 0 Å². The molecule has 3 aromatic rings. The molecule has 5 nitrogen and oxygen atoms in total. The monoisotopic (exact) mass is 405 g/mol. The fourth-order valence-corrected chi connectivity index (χ4v) is 3.69. The number of rotatable bonds is 5. The molecule has 4 rings (SSSR count). The van der Waals surface area contributed by atoms with Crippen LogP contribution in [-0.2, 0) is 22.6 Å². The normalized spacial score (nSPS) is 18.2. The number of ketones is 1. The summed E-state index contributed by atoms with van der Waals surface area (Å²) in [6.45, 7) is 1.98. The Morgan fingerprint density at radius 1 is 1.07 bits per heavy atom. The van der Waals surface area contributed by atoms with Crippen molar-refractivity contribution >= 4 is 17.4 Å². The van der Waals surface area contributed by atoms with Crippen molar-refractivity contribution in [3.63, 3.8) is 0 Å². The van der Waals surface area contributed by atoms with Crippen LogP contribution < -0.4 is 0 Å². The molecule has 6 heteroatoms. The van der Waals surface area contributed by atoms with Crippen LogP contribution in [0.3, 0.4) is 0 Å². The van der Waals surface area contributed by atoms with Crippen LogP contribution in [-0.4, -0.2) is 21.7 Å². The van der Waals surface area contributed by atoms with Gasteiger partial charge in [0, 0.05) is 11.1 Å². The van der Waals surface area contributed by atoms with Crippen molar-refractivity contribution in [3.05, 3.63) is 101 Å². The minimum absolute atomic E-state index is 0.0257. The van der Waals surface area contributed by atoms with E-state index in [1.54, 1.807) is 30.3 Å². The van der Waals surface area contributed by atoms with Gasteiger partial charge in [-0.05, 0) is 30.2 Å². The molecule has 1 saturated heterocycles. The number of amides is 1. The number of halogens is 1. The standard InChI is InChI=1S/C24H20FNO4/c1-2-15-9-11-16(12-10-15)22(27)20-21(18-7-3-4-8-19(18)25)26(24(29)23(20)28)14-17-6-5-13-30-17/h3-13,21,27H,2,14H2,1H3/b22-20-. The molecule has 1 aliphatic rings. The number of carbonyl (C=O) groups excluding carboxylic acids is 2. The first-order chi connectivity index (χ1) is 14.5. The van der Waals surface area contributed by atoms with Gasteiger partial charge < -0.3 is 14.4 Å². The largest absolute Gasteiger partial charge is 0.507 e. The van der Waals surface area contributed by atoms with Crippen molar-refractivity contribution in [2.45, 2.75) is 25.9 Å². The summed E-state index contributed by atoms with van der Waals surface area (Å²) in [5.41, 5.74) is 1.45. The van der Waals surface area contributed by atoms with E-state index in [-0.39, 0.29) is 23.4 Å². The van der Waals surface area contributed by atoms with E-state index in [9.17, 15) is 19.1 Å². The van der Waals surface area contributed by atoms with Gasteiger partial charge in [0.15, 0.2) is 0 Å². The molecular weight excluding hydrogens is 385 g/mol. The molecule has 0 radical (unpaired) electrons.